The highest BCUT2D eigenvalue weighted by Crippen LogP contribution is 2.27. The molecule has 1 rings (SSSR count). The molecule has 108 valence electrons. The molecule has 0 aromatic heterocycles. The average molecular weight is 331 g/mol. The molecule has 2 nitrogen and oxygen atoms in total. The summed E-state index contributed by atoms with van der Waals surface area (Å²) in [7, 11) is 4.09. The number of halogens is 2. The van der Waals surface area contributed by atoms with Gasteiger partial charge < -0.3 is 10.6 Å². The van der Waals surface area contributed by atoms with E-state index in [1.54, 1.807) is 0 Å². The van der Waals surface area contributed by atoms with Gasteiger partial charge in [0.25, 0.3) is 0 Å². The Labute approximate surface area is 124 Å². The fourth-order valence-corrected chi connectivity index (χ4v) is 3.19. The van der Waals surface area contributed by atoms with Crippen LogP contribution in [0.15, 0.2) is 22.7 Å². The van der Waals surface area contributed by atoms with E-state index in [0.29, 0.717) is 12.0 Å². The lowest BCUT2D eigenvalue weighted by Crippen LogP contribution is -2.57. The van der Waals surface area contributed by atoms with Gasteiger partial charge in [0, 0.05) is 16.1 Å². The predicted molar refractivity (Wildman–Crippen MR) is 82.8 cm³/mol. The van der Waals surface area contributed by atoms with Crippen molar-refractivity contribution >= 4 is 15.9 Å². The molecule has 1 aromatic rings. The van der Waals surface area contributed by atoms with Gasteiger partial charge in [-0.05, 0) is 51.1 Å². The molecule has 0 spiro atoms. The Bertz CT molecular complexity index is 417. The molecule has 0 saturated carbocycles. The summed E-state index contributed by atoms with van der Waals surface area (Å²) in [5, 5.41) is 0. The second kappa shape index (κ2) is 6.82. The molecule has 0 aliphatic heterocycles. The van der Waals surface area contributed by atoms with Gasteiger partial charge in [0.2, 0.25) is 0 Å². The van der Waals surface area contributed by atoms with Crippen molar-refractivity contribution in [2.45, 2.75) is 44.7 Å². The smallest absolute Gasteiger partial charge is 0.127 e. The van der Waals surface area contributed by atoms with Crippen LogP contribution in [-0.4, -0.2) is 30.6 Å². The Kier molecular flexibility index (Phi) is 5.96. The van der Waals surface area contributed by atoms with Crippen LogP contribution in [0.25, 0.3) is 0 Å². The first kappa shape index (κ1) is 16.6. The molecular formula is C15H24BrFN2. The summed E-state index contributed by atoms with van der Waals surface area (Å²) < 4.78 is 14.7. The maximum atomic E-state index is 13.9. The van der Waals surface area contributed by atoms with E-state index in [0.717, 1.165) is 17.3 Å². The fraction of sp³-hybridized carbons (Fsp3) is 0.600. The summed E-state index contributed by atoms with van der Waals surface area (Å²) in [6.45, 7) is 4.28. The molecule has 2 N–H and O–H groups in total. The van der Waals surface area contributed by atoms with E-state index in [4.69, 9.17) is 5.73 Å². The monoisotopic (exact) mass is 330 g/mol. The van der Waals surface area contributed by atoms with Gasteiger partial charge in [-0.2, -0.15) is 0 Å². The van der Waals surface area contributed by atoms with Crippen molar-refractivity contribution in [1.29, 1.82) is 0 Å². The number of rotatable bonds is 6. The van der Waals surface area contributed by atoms with Crippen LogP contribution < -0.4 is 5.73 Å². The van der Waals surface area contributed by atoms with Crippen LogP contribution in [0.4, 0.5) is 4.39 Å². The number of nitrogens with two attached hydrogens (primary N) is 1. The SMILES string of the molecule is CCC(CC)(C(N)Cc1ccc(Br)cc1F)N(C)C. The molecule has 19 heavy (non-hydrogen) atoms. The summed E-state index contributed by atoms with van der Waals surface area (Å²) >= 11 is 3.27. The maximum absolute atomic E-state index is 13.9. The molecule has 1 aromatic carbocycles. The zero-order chi connectivity index (χ0) is 14.6. The van der Waals surface area contributed by atoms with Crippen LogP contribution in [0.2, 0.25) is 0 Å². The zero-order valence-corrected chi connectivity index (χ0v) is 13.8. The van der Waals surface area contributed by atoms with Crippen molar-refractivity contribution < 1.29 is 4.39 Å². The molecule has 4 heteroatoms. The van der Waals surface area contributed by atoms with Crippen molar-refractivity contribution in [3.05, 3.63) is 34.1 Å². The van der Waals surface area contributed by atoms with E-state index in [1.807, 2.05) is 26.2 Å². The van der Waals surface area contributed by atoms with Gasteiger partial charge in [-0.3, -0.25) is 0 Å². The van der Waals surface area contributed by atoms with Gasteiger partial charge in [-0.25, -0.2) is 4.39 Å². The third-order valence-electron chi connectivity index (χ3n) is 4.26. The lowest BCUT2D eigenvalue weighted by molar-refractivity contribution is 0.105. The van der Waals surface area contributed by atoms with Gasteiger partial charge in [0.05, 0.1) is 0 Å². The molecule has 0 amide bonds. The van der Waals surface area contributed by atoms with Crippen molar-refractivity contribution in [2.24, 2.45) is 5.73 Å². The number of nitrogens with zero attached hydrogens (tertiary/aromatic N) is 1. The molecule has 0 fully saturated rings. The fourth-order valence-electron chi connectivity index (χ4n) is 2.85. The molecule has 0 heterocycles. The highest BCUT2D eigenvalue weighted by atomic mass is 79.9. The largest absolute Gasteiger partial charge is 0.326 e. The molecule has 0 aliphatic rings. The van der Waals surface area contributed by atoms with Crippen LogP contribution in [0.1, 0.15) is 32.3 Å². The van der Waals surface area contributed by atoms with Gasteiger partial charge in [-0.1, -0.05) is 35.8 Å². The minimum Gasteiger partial charge on any atom is -0.326 e. The van der Waals surface area contributed by atoms with Crippen LogP contribution in [0, 0.1) is 5.82 Å². The lowest BCUT2D eigenvalue weighted by atomic mass is 9.80. The standard InChI is InChI=1S/C15H24BrFN2/c1-5-15(6-2,19(3)4)14(18)9-11-7-8-12(16)10-13(11)17/h7-8,10,14H,5-6,9,18H2,1-4H3. The van der Waals surface area contributed by atoms with Crippen LogP contribution >= 0.6 is 15.9 Å². The second-order valence-corrected chi connectivity index (χ2v) is 6.17. The number of benzene rings is 1. The zero-order valence-electron chi connectivity index (χ0n) is 12.2. The number of hydrogen-bond acceptors (Lipinski definition) is 2. The van der Waals surface area contributed by atoms with E-state index in [2.05, 4.69) is 34.7 Å². The van der Waals surface area contributed by atoms with E-state index in [1.165, 1.54) is 6.07 Å². The van der Waals surface area contributed by atoms with Gasteiger partial charge in [-0.15, -0.1) is 0 Å². The Morgan fingerprint density at radius 2 is 1.89 bits per heavy atom. The van der Waals surface area contributed by atoms with Crippen molar-refractivity contribution in [3.63, 3.8) is 0 Å². The molecule has 0 radical (unpaired) electrons. The summed E-state index contributed by atoms with van der Waals surface area (Å²) in [4.78, 5) is 2.18. The highest BCUT2D eigenvalue weighted by Gasteiger charge is 2.35. The Morgan fingerprint density at radius 1 is 1.32 bits per heavy atom. The first-order valence-electron chi connectivity index (χ1n) is 6.74. The third-order valence-corrected chi connectivity index (χ3v) is 4.75. The number of likely N-dealkylation sites (N-methyl/N-ethyl adjacent to an activating group) is 1. The van der Waals surface area contributed by atoms with E-state index < -0.39 is 0 Å². The van der Waals surface area contributed by atoms with Crippen molar-refractivity contribution in [2.75, 3.05) is 14.1 Å². The second-order valence-electron chi connectivity index (χ2n) is 5.25. The van der Waals surface area contributed by atoms with Crippen molar-refractivity contribution in [1.82, 2.24) is 4.90 Å². The first-order chi connectivity index (χ1) is 8.87. The van der Waals surface area contributed by atoms with E-state index in [-0.39, 0.29) is 17.4 Å². The lowest BCUT2D eigenvalue weighted by Gasteiger charge is -2.43. The quantitative estimate of drug-likeness (QED) is 0.863. The topological polar surface area (TPSA) is 29.3 Å². The minimum atomic E-state index is -0.190. The predicted octanol–water partition coefficient (Wildman–Crippen LogP) is 3.58. The third kappa shape index (κ3) is 3.56. The van der Waals surface area contributed by atoms with Gasteiger partial charge in [0.15, 0.2) is 0 Å². The number of hydrogen-bond donors (Lipinski definition) is 1. The van der Waals surface area contributed by atoms with Crippen molar-refractivity contribution in [3.8, 4) is 0 Å². The van der Waals surface area contributed by atoms with Crippen LogP contribution in [-0.2, 0) is 6.42 Å². The minimum absolute atomic E-state index is 0.0838. The molecule has 0 saturated heterocycles. The Hall–Kier alpha value is -0.450. The molecular weight excluding hydrogens is 307 g/mol. The normalized spacial score (nSPS) is 13.9. The highest BCUT2D eigenvalue weighted by molar-refractivity contribution is 9.10. The Morgan fingerprint density at radius 3 is 2.32 bits per heavy atom. The summed E-state index contributed by atoms with van der Waals surface area (Å²) in [5.41, 5.74) is 6.99. The molecule has 1 atom stereocenters. The van der Waals surface area contributed by atoms with Gasteiger partial charge >= 0.3 is 0 Å². The molecule has 0 aliphatic carbocycles. The Balaban J connectivity index is 2.96. The van der Waals surface area contributed by atoms with E-state index in [9.17, 15) is 4.39 Å². The van der Waals surface area contributed by atoms with Crippen LogP contribution in [0.5, 0.6) is 0 Å². The molecule has 0 bridgehead atoms. The van der Waals surface area contributed by atoms with Crippen LogP contribution in [0.3, 0.4) is 0 Å². The van der Waals surface area contributed by atoms with Gasteiger partial charge in [0.1, 0.15) is 5.82 Å². The molecule has 1 unspecified atom stereocenters. The first-order valence-corrected chi connectivity index (χ1v) is 7.53. The average Bonchev–Trinajstić information content (AvgIpc) is 2.34. The summed E-state index contributed by atoms with van der Waals surface area (Å²) in [6, 6.07) is 5.08. The maximum Gasteiger partial charge on any atom is 0.127 e. The van der Waals surface area contributed by atoms with E-state index >= 15 is 0 Å². The summed E-state index contributed by atoms with van der Waals surface area (Å²) in [5.74, 6) is -0.190. The summed E-state index contributed by atoms with van der Waals surface area (Å²) in [6.07, 6.45) is 2.46.